The summed E-state index contributed by atoms with van der Waals surface area (Å²) in [6.07, 6.45) is -3.13. The molecule has 2 atom stereocenters. The van der Waals surface area contributed by atoms with Crippen molar-refractivity contribution >= 4 is 5.97 Å². The highest BCUT2D eigenvalue weighted by molar-refractivity contribution is 5.73. The first-order valence-corrected chi connectivity index (χ1v) is 7.51. The van der Waals surface area contributed by atoms with Crippen LogP contribution in [0.1, 0.15) is 24.2 Å². The molecule has 0 unspecified atom stereocenters. The molecule has 24 heavy (non-hydrogen) atoms. The number of carbonyl (C=O) groups is 1. The second-order valence-electron chi connectivity index (χ2n) is 5.12. The van der Waals surface area contributed by atoms with Gasteiger partial charge in [0.15, 0.2) is 6.10 Å². The van der Waals surface area contributed by atoms with E-state index in [2.05, 4.69) is 0 Å². The van der Waals surface area contributed by atoms with E-state index in [1.165, 1.54) is 12.1 Å². The Hall–Kier alpha value is -2.44. The van der Waals surface area contributed by atoms with Gasteiger partial charge in [-0.2, -0.15) is 0 Å². The lowest BCUT2D eigenvalue weighted by Gasteiger charge is -2.20. The number of rotatable bonds is 8. The molecule has 0 heterocycles. The van der Waals surface area contributed by atoms with Crippen LogP contribution in [0.25, 0.3) is 0 Å². The van der Waals surface area contributed by atoms with Crippen molar-refractivity contribution in [1.82, 2.24) is 0 Å². The lowest BCUT2D eigenvalue weighted by Crippen LogP contribution is -2.31. The van der Waals surface area contributed by atoms with E-state index in [9.17, 15) is 14.3 Å². The number of benzene rings is 2. The van der Waals surface area contributed by atoms with Crippen LogP contribution in [-0.4, -0.2) is 28.9 Å². The molecule has 0 aromatic heterocycles. The summed E-state index contributed by atoms with van der Waals surface area (Å²) < 4.78 is 24.7. The maximum absolute atomic E-state index is 14.2. The number of hydrogen-bond acceptors (Lipinski definition) is 4. The SMILES string of the molecule is CCO[C@H](C(=O)O)[C@H](O)c1ccc(OCc2ccccc2)cc1F. The van der Waals surface area contributed by atoms with Gasteiger partial charge in [0.05, 0.1) is 0 Å². The second kappa shape index (κ2) is 8.42. The van der Waals surface area contributed by atoms with Crippen molar-refractivity contribution in [2.24, 2.45) is 0 Å². The topological polar surface area (TPSA) is 76.0 Å². The fraction of sp³-hybridized carbons (Fsp3) is 0.278. The Morgan fingerprint density at radius 2 is 1.92 bits per heavy atom. The Kier molecular flexibility index (Phi) is 6.28. The fourth-order valence-corrected chi connectivity index (χ4v) is 2.22. The van der Waals surface area contributed by atoms with E-state index in [1.807, 2.05) is 30.3 Å². The van der Waals surface area contributed by atoms with E-state index in [0.717, 1.165) is 11.6 Å². The molecule has 128 valence electrons. The van der Waals surface area contributed by atoms with Gasteiger partial charge < -0.3 is 19.7 Å². The van der Waals surface area contributed by atoms with Crippen molar-refractivity contribution in [3.63, 3.8) is 0 Å². The van der Waals surface area contributed by atoms with E-state index in [4.69, 9.17) is 14.6 Å². The van der Waals surface area contributed by atoms with Crippen molar-refractivity contribution in [2.45, 2.75) is 25.7 Å². The molecule has 0 aliphatic heterocycles. The number of carboxylic acid groups (broad SMARTS) is 1. The average Bonchev–Trinajstić information content (AvgIpc) is 2.58. The summed E-state index contributed by atoms with van der Waals surface area (Å²) in [6.45, 7) is 1.96. The molecule has 0 fully saturated rings. The maximum Gasteiger partial charge on any atom is 0.335 e. The van der Waals surface area contributed by atoms with Crippen LogP contribution in [0, 0.1) is 5.82 Å². The van der Waals surface area contributed by atoms with Crippen LogP contribution < -0.4 is 4.74 Å². The van der Waals surface area contributed by atoms with Crippen LogP contribution in [0.3, 0.4) is 0 Å². The quantitative estimate of drug-likeness (QED) is 0.776. The monoisotopic (exact) mass is 334 g/mol. The lowest BCUT2D eigenvalue weighted by atomic mass is 10.0. The third-order valence-corrected chi connectivity index (χ3v) is 3.42. The van der Waals surface area contributed by atoms with Crippen molar-refractivity contribution in [2.75, 3.05) is 6.61 Å². The summed E-state index contributed by atoms with van der Waals surface area (Å²) in [4.78, 5) is 11.1. The molecular formula is C18H19FO5. The van der Waals surface area contributed by atoms with Crippen LogP contribution in [0.2, 0.25) is 0 Å². The van der Waals surface area contributed by atoms with Crippen LogP contribution in [0.5, 0.6) is 5.75 Å². The molecule has 2 aromatic carbocycles. The molecule has 0 saturated heterocycles. The molecule has 0 bridgehead atoms. The van der Waals surface area contributed by atoms with Crippen LogP contribution in [0.4, 0.5) is 4.39 Å². The summed E-state index contributed by atoms with van der Waals surface area (Å²) in [5.41, 5.74) is 0.784. The Morgan fingerprint density at radius 1 is 1.21 bits per heavy atom. The van der Waals surface area contributed by atoms with Crippen LogP contribution in [0.15, 0.2) is 48.5 Å². The summed E-state index contributed by atoms with van der Waals surface area (Å²) in [5, 5.41) is 19.1. The Bertz CT molecular complexity index is 674. The van der Waals surface area contributed by atoms with Gasteiger partial charge in [-0.15, -0.1) is 0 Å². The normalized spacial score (nSPS) is 13.3. The van der Waals surface area contributed by atoms with E-state index in [-0.39, 0.29) is 24.5 Å². The van der Waals surface area contributed by atoms with E-state index < -0.39 is 24.0 Å². The standard InChI is InChI=1S/C18H19FO5/c1-2-23-17(18(21)22)16(20)14-9-8-13(10-15(14)19)24-11-12-6-4-3-5-7-12/h3-10,16-17,20H,2,11H2,1H3,(H,21,22)/t16-,17+/m1/s1. The molecule has 2 aromatic rings. The number of halogens is 1. The van der Waals surface area contributed by atoms with E-state index in [0.29, 0.717) is 0 Å². The summed E-state index contributed by atoms with van der Waals surface area (Å²) >= 11 is 0. The molecule has 2 rings (SSSR count). The van der Waals surface area contributed by atoms with Crippen molar-refractivity contribution in [3.05, 3.63) is 65.5 Å². The molecule has 0 aliphatic carbocycles. The lowest BCUT2D eigenvalue weighted by molar-refractivity contribution is -0.158. The van der Waals surface area contributed by atoms with Crippen LogP contribution in [-0.2, 0) is 16.1 Å². The largest absolute Gasteiger partial charge is 0.489 e. The number of hydrogen-bond donors (Lipinski definition) is 2. The highest BCUT2D eigenvalue weighted by Crippen LogP contribution is 2.26. The first-order chi connectivity index (χ1) is 11.5. The maximum atomic E-state index is 14.2. The minimum atomic E-state index is -1.61. The zero-order valence-corrected chi connectivity index (χ0v) is 13.2. The first kappa shape index (κ1) is 17.9. The zero-order chi connectivity index (χ0) is 17.5. The minimum absolute atomic E-state index is 0.0912. The number of carboxylic acids is 1. The fourth-order valence-electron chi connectivity index (χ4n) is 2.22. The predicted octanol–water partition coefficient (Wildman–Crippen LogP) is 2.93. The van der Waals surface area contributed by atoms with Gasteiger partial charge in [-0.1, -0.05) is 30.3 Å². The van der Waals surface area contributed by atoms with E-state index >= 15 is 0 Å². The molecule has 5 nitrogen and oxygen atoms in total. The molecule has 6 heteroatoms. The van der Waals surface area contributed by atoms with Crippen LogP contribution >= 0.6 is 0 Å². The van der Waals surface area contributed by atoms with Gasteiger partial charge in [-0.05, 0) is 24.6 Å². The van der Waals surface area contributed by atoms with Gasteiger partial charge in [-0.25, -0.2) is 9.18 Å². The Labute approximate surface area is 139 Å². The molecule has 2 N–H and O–H groups in total. The van der Waals surface area contributed by atoms with Gasteiger partial charge in [0, 0.05) is 18.2 Å². The summed E-state index contributed by atoms with van der Waals surface area (Å²) in [5.74, 6) is -1.82. The Balaban J connectivity index is 2.09. The van der Waals surface area contributed by atoms with Gasteiger partial charge in [0.2, 0.25) is 0 Å². The smallest absolute Gasteiger partial charge is 0.335 e. The van der Waals surface area contributed by atoms with Gasteiger partial charge in [-0.3, -0.25) is 0 Å². The molecular weight excluding hydrogens is 315 g/mol. The first-order valence-electron chi connectivity index (χ1n) is 7.51. The number of ether oxygens (including phenoxy) is 2. The highest BCUT2D eigenvalue weighted by Gasteiger charge is 2.30. The molecule has 0 aliphatic rings. The number of aliphatic hydroxyl groups excluding tert-OH is 1. The van der Waals surface area contributed by atoms with Crippen molar-refractivity contribution in [1.29, 1.82) is 0 Å². The molecule has 0 radical (unpaired) electrons. The zero-order valence-electron chi connectivity index (χ0n) is 13.2. The molecule has 0 spiro atoms. The number of aliphatic carboxylic acids is 1. The number of aliphatic hydroxyl groups is 1. The third kappa shape index (κ3) is 4.53. The Morgan fingerprint density at radius 3 is 2.50 bits per heavy atom. The minimum Gasteiger partial charge on any atom is -0.489 e. The average molecular weight is 334 g/mol. The van der Waals surface area contributed by atoms with E-state index in [1.54, 1.807) is 6.92 Å². The van der Waals surface area contributed by atoms with Crippen molar-refractivity contribution in [3.8, 4) is 5.75 Å². The molecule has 0 amide bonds. The van der Waals surface area contributed by atoms with Gasteiger partial charge in [0.25, 0.3) is 0 Å². The summed E-state index contributed by atoms with van der Waals surface area (Å²) in [7, 11) is 0. The predicted molar refractivity (Wildman–Crippen MR) is 85.2 cm³/mol. The van der Waals surface area contributed by atoms with Gasteiger partial charge in [0.1, 0.15) is 24.3 Å². The third-order valence-electron chi connectivity index (χ3n) is 3.42. The second-order valence-corrected chi connectivity index (χ2v) is 5.12. The van der Waals surface area contributed by atoms with Gasteiger partial charge >= 0.3 is 5.97 Å². The van der Waals surface area contributed by atoms with Crippen molar-refractivity contribution < 1.29 is 28.9 Å². The summed E-state index contributed by atoms with van der Waals surface area (Å²) in [6, 6.07) is 13.3. The molecule has 0 saturated carbocycles. The highest BCUT2D eigenvalue weighted by atomic mass is 19.1.